The molecule has 32 heavy (non-hydrogen) atoms. The molecule has 0 radical (unpaired) electrons. The van der Waals surface area contributed by atoms with E-state index in [4.69, 9.17) is 16.7 Å². The van der Waals surface area contributed by atoms with Crippen LogP contribution in [0.15, 0.2) is 56.7 Å². The van der Waals surface area contributed by atoms with Crippen LogP contribution < -0.4 is 15.7 Å². The number of nitrogens with zero attached hydrogens (tertiary/aromatic N) is 4. The van der Waals surface area contributed by atoms with Crippen molar-refractivity contribution in [2.24, 2.45) is 9.54 Å². The van der Waals surface area contributed by atoms with Crippen molar-refractivity contribution in [2.75, 3.05) is 19.1 Å². The zero-order valence-electron chi connectivity index (χ0n) is 16.5. The average Bonchev–Trinajstić information content (AvgIpc) is 2.69. The highest BCUT2D eigenvalue weighted by atomic mass is 35.5. The molecule has 0 aliphatic heterocycles. The SMILES string of the molecule is CN(C)C=NS(=O)(=O)c1cc(C(=O)N(N[N+](=O)[O-])c2ccc(S(N)(=O)=O)cc2)ccc1Cl. The lowest BCUT2D eigenvalue weighted by Crippen LogP contribution is -2.46. The van der Waals surface area contributed by atoms with E-state index in [9.17, 15) is 31.7 Å². The maximum atomic E-state index is 13.0. The summed E-state index contributed by atoms with van der Waals surface area (Å²) in [7, 11) is -5.23. The zero-order valence-corrected chi connectivity index (χ0v) is 18.9. The fourth-order valence-corrected chi connectivity index (χ4v) is 4.21. The van der Waals surface area contributed by atoms with Gasteiger partial charge in [0.15, 0.2) is 5.03 Å². The molecule has 0 bridgehead atoms. The Morgan fingerprint density at radius 1 is 1.16 bits per heavy atom. The van der Waals surface area contributed by atoms with Crippen LogP contribution >= 0.6 is 11.6 Å². The Labute approximate surface area is 188 Å². The minimum Gasteiger partial charge on any atom is -0.368 e. The number of anilines is 1. The van der Waals surface area contributed by atoms with Crippen molar-refractivity contribution >= 4 is 49.6 Å². The molecule has 1 amide bonds. The number of amides is 1. The number of halogens is 1. The lowest BCUT2D eigenvalue weighted by atomic mass is 10.2. The molecule has 0 aromatic heterocycles. The summed E-state index contributed by atoms with van der Waals surface area (Å²) in [4.78, 5) is 24.6. The largest absolute Gasteiger partial charge is 0.368 e. The molecular weight excluding hydrogens is 488 g/mol. The van der Waals surface area contributed by atoms with E-state index in [1.165, 1.54) is 4.90 Å². The van der Waals surface area contributed by atoms with Crippen LogP contribution in [0.4, 0.5) is 5.69 Å². The standard InChI is InChI=1S/C16H17ClN6O7S2/c1-21(2)10-19-32(29,30)15-9-11(3-8-14(15)17)16(24)22(20-23(25)26)12-4-6-13(7-5-12)31(18,27)28/h3-10,20H,1-2H3,(H2,18,27,28). The van der Waals surface area contributed by atoms with Crippen molar-refractivity contribution in [2.45, 2.75) is 9.79 Å². The van der Waals surface area contributed by atoms with Crippen LogP contribution in [-0.2, 0) is 20.0 Å². The van der Waals surface area contributed by atoms with Crippen molar-refractivity contribution in [1.29, 1.82) is 0 Å². The van der Waals surface area contributed by atoms with Gasteiger partial charge in [-0.3, -0.25) is 4.79 Å². The Balaban J connectivity index is 2.52. The Kier molecular flexibility index (Phi) is 7.40. The number of nitrogens with one attached hydrogen (secondary N) is 1. The molecule has 0 atom stereocenters. The first kappa shape index (κ1) is 25.0. The van der Waals surface area contributed by atoms with E-state index in [2.05, 4.69) is 4.40 Å². The lowest BCUT2D eigenvalue weighted by Gasteiger charge is -2.19. The van der Waals surface area contributed by atoms with Crippen molar-refractivity contribution < 1.29 is 26.7 Å². The lowest BCUT2D eigenvalue weighted by molar-refractivity contribution is -0.544. The highest BCUT2D eigenvalue weighted by Crippen LogP contribution is 2.26. The third-order valence-electron chi connectivity index (χ3n) is 3.68. The van der Waals surface area contributed by atoms with E-state index in [1.807, 2.05) is 0 Å². The van der Waals surface area contributed by atoms with E-state index in [0.717, 1.165) is 48.8 Å². The van der Waals surface area contributed by atoms with Crippen molar-refractivity contribution in [3.8, 4) is 0 Å². The number of hydrazine groups is 2. The summed E-state index contributed by atoms with van der Waals surface area (Å²) in [6, 6.07) is 7.49. The number of rotatable bonds is 8. The van der Waals surface area contributed by atoms with Crippen LogP contribution in [0.2, 0.25) is 5.02 Å². The molecule has 0 unspecified atom stereocenters. The molecule has 3 N–H and O–H groups in total. The molecule has 0 saturated carbocycles. The van der Waals surface area contributed by atoms with Gasteiger partial charge in [-0.25, -0.2) is 23.7 Å². The molecule has 0 saturated heterocycles. The molecule has 2 rings (SSSR count). The normalized spacial score (nSPS) is 11.9. The van der Waals surface area contributed by atoms with Crippen LogP contribution in [0.1, 0.15) is 10.4 Å². The number of primary sulfonamides is 1. The second-order valence-corrected chi connectivity index (χ2v) is 9.91. The highest BCUT2D eigenvalue weighted by molar-refractivity contribution is 7.90. The van der Waals surface area contributed by atoms with Gasteiger partial charge in [-0.1, -0.05) is 11.6 Å². The molecule has 172 valence electrons. The predicted octanol–water partition coefficient (Wildman–Crippen LogP) is 0.609. The number of nitrogens with two attached hydrogens (primary N) is 1. The topological polar surface area (TPSA) is 185 Å². The van der Waals surface area contributed by atoms with Gasteiger partial charge < -0.3 is 4.90 Å². The van der Waals surface area contributed by atoms with E-state index < -0.39 is 35.9 Å². The molecule has 16 heteroatoms. The second-order valence-electron chi connectivity index (χ2n) is 6.34. The molecule has 0 spiro atoms. The van der Waals surface area contributed by atoms with Crippen LogP contribution in [0.3, 0.4) is 0 Å². The molecule has 0 fully saturated rings. The quantitative estimate of drug-likeness (QED) is 0.225. The molecular formula is C16H17ClN6O7S2. The Hall–Kier alpha value is -3.27. The molecule has 2 aromatic rings. The maximum Gasteiger partial charge on any atom is 0.285 e. The first-order valence-corrected chi connectivity index (χ1v) is 11.7. The summed E-state index contributed by atoms with van der Waals surface area (Å²) in [5.74, 6) is -1.03. The van der Waals surface area contributed by atoms with Crippen LogP contribution in [0, 0.1) is 10.1 Å². The fourth-order valence-electron chi connectivity index (χ4n) is 2.26. The van der Waals surface area contributed by atoms with Gasteiger partial charge in [-0.05, 0) is 48.0 Å². The summed E-state index contributed by atoms with van der Waals surface area (Å²) >= 11 is 5.96. The Bertz CT molecular complexity index is 1280. The minimum absolute atomic E-state index is 0.121. The van der Waals surface area contributed by atoms with E-state index in [-0.39, 0.29) is 21.2 Å². The number of carbonyl (C=O) groups excluding carboxylic acids is 1. The molecule has 13 nitrogen and oxygen atoms in total. The predicted molar refractivity (Wildman–Crippen MR) is 116 cm³/mol. The Morgan fingerprint density at radius 3 is 2.25 bits per heavy atom. The second kappa shape index (κ2) is 9.47. The number of hydrogen-bond acceptors (Lipinski definition) is 7. The van der Waals surface area contributed by atoms with E-state index >= 15 is 0 Å². The van der Waals surface area contributed by atoms with Crippen LogP contribution in [0.25, 0.3) is 0 Å². The van der Waals surface area contributed by atoms with Gasteiger partial charge >= 0.3 is 0 Å². The van der Waals surface area contributed by atoms with Gasteiger partial charge in [-0.2, -0.15) is 13.4 Å². The fraction of sp³-hybridized carbons (Fsp3) is 0.125. The third-order valence-corrected chi connectivity index (χ3v) is 6.32. The van der Waals surface area contributed by atoms with Crippen molar-refractivity contribution in [3.63, 3.8) is 0 Å². The third kappa shape index (κ3) is 6.13. The van der Waals surface area contributed by atoms with Gasteiger partial charge in [0.05, 0.1) is 15.6 Å². The van der Waals surface area contributed by atoms with Gasteiger partial charge in [-0.15, -0.1) is 4.40 Å². The number of sulfonamides is 2. The Morgan fingerprint density at radius 2 is 1.75 bits per heavy atom. The van der Waals surface area contributed by atoms with E-state index in [1.54, 1.807) is 19.6 Å². The van der Waals surface area contributed by atoms with Crippen molar-refractivity contribution in [3.05, 3.63) is 63.2 Å². The maximum absolute atomic E-state index is 13.0. The molecule has 2 aromatic carbocycles. The van der Waals surface area contributed by atoms with E-state index in [0.29, 0.717) is 5.01 Å². The van der Waals surface area contributed by atoms with Crippen molar-refractivity contribution in [1.82, 2.24) is 10.4 Å². The van der Waals surface area contributed by atoms with Gasteiger partial charge in [0.2, 0.25) is 10.0 Å². The monoisotopic (exact) mass is 504 g/mol. The van der Waals surface area contributed by atoms with Gasteiger partial charge in [0.1, 0.15) is 11.2 Å². The number of benzene rings is 2. The first-order valence-electron chi connectivity index (χ1n) is 8.37. The van der Waals surface area contributed by atoms with Crippen LogP contribution in [-0.4, -0.2) is 53.1 Å². The first-order chi connectivity index (χ1) is 14.7. The zero-order chi connectivity index (χ0) is 24.3. The van der Waals surface area contributed by atoms with Gasteiger partial charge in [0.25, 0.3) is 15.9 Å². The number of nitro groups is 1. The minimum atomic E-state index is -4.29. The van der Waals surface area contributed by atoms with Gasteiger partial charge in [0, 0.05) is 19.7 Å². The molecule has 0 aliphatic rings. The number of hydrogen-bond donors (Lipinski definition) is 2. The number of carbonyl (C=O) groups is 1. The highest BCUT2D eigenvalue weighted by Gasteiger charge is 2.25. The summed E-state index contributed by atoms with van der Waals surface area (Å²) in [6.45, 7) is 0. The average molecular weight is 505 g/mol. The van der Waals surface area contributed by atoms with Crippen LogP contribution in [0.5, 0.6) is 0 Å². The summed E-state index contributed by atoms with van der Waals surface area (Å²) in [5.41, 5.74) is 1.27. The summed E-state index contributed by atoms with van der Waals surface area (Å²) in [5, 5.41) is 15.3. The molecule has 0 aliphatic carbocycles. The summed E-state index contributed by atoms with van der Waals surface area (Å²) < 4.78 is 51.1. The summed E-state index contributed by atoms with van der Waals surface area (Å²) in [6.07, 6.45) is 1.02. The smallest absolute Gasteiger partial charge is 0.285 e. The molecule has 0 heterocycles.